The second-order valence-corrected chi connectivity index (χ2v) is 3.58. The van der Waals surface area contributed by atoms with Gasteiger partial charge in [-0.3, -0.25) is 4.79 Å². The monoisotopic (exact) mass is 224 g/mol. The fraction of sp³-hybridized carbons (Fsp3) is 0.182. The van der Waals surface area contributed by atoms with Crippen LogP contribution in [0.5, 0.6) is 5.75 Å². The summed E-state index contributed by atoms with van der Waals surface area (Å²) in [6.45, 7) is 1.82. The number of carbonyl (C=O) groups excluding carboxylic acids is 1. The summed E-state index contributed by atoms with van der Waals surface area (Å²) < 4.78 is 10.6. The van der Waals surface area contributed by atoms with Crippen molar-refractivity contribution < 1.29 is 13.9 Å². The van der Waals surface area contributed by atoms with Crippen LogP contribution in [0.2, 0.25) is 5.02 Å². The molecule has 78 valence electrons. The highest BCUT2D eigenvalue weighted by Gasteiger charge is 2.14. The Morgan fingerprint density at radius 2 is 2.20 bits per heavy atom. The van der Waals surface area contributed by atoms with Gasteiger partial charge in [-0.15, -0.1) is 0 Å². The maximum Gasteiger partial charge on any atom is 0.177 e. The summed E-state index contributed by atoms with van der Waals surface area (Å²) in [5.74, 6) is 1.25. The van der Waals surface area contributed by atoms with Crippen LogP contribution in [0.15, 0.2) is 16.5 Å². The van der Waals surface area contributed by atoms with Crippen LogP contribution < -0.4 is 4.74 Å². The second kappa shape index (κ2) is 3.59. The summed E-state index contributed by atoms with van der Waals surface area (Å²) >= 11 is 6.04. The molecule has 1 heterocycles. The largest absolute Gasteiger partial charge is 0.493 e. The minimum Gasteiger partial charge on any atom is -0.493 e. The molecule has 0 unspecified atom stereocenters. The average molecular weight is 225 g/mol. The first-order valence-electron chi connectivity index (χ1n) is 4.39. The van der Waals surface area contributed by atoms with E-state index in [1.54, 1.807) is 12.1 Å². The molecule has 4 heteroatoms. The van der Waals surface area contributed by atoms with Crippen molar-refractivity contribution in [2.24, 2.45) is 0 Å². The molecule has 0 aliphatic carbocycles. The molecule has 0 saturated heterocycles. The number of halogens is 1. The van der Waals surface area contributed by atoms with Crippen molar-refractivity contribution in [3.63, 3.8) is 0 Å². The molecule has 1 aromatic carbocycles. The van der Waals surface area contributed by atoms with Gasteiger partial charge in [0.2, 0.25) is 0 Å². The lowest BCUT2D eigenvalue weighted by Gasteiger charge is -2.03. The van der Waals surface area contributed by atoms with Crippen molar-refractivity contribution in [3.8, 4) is 5.75 Å². The highest BCUT2D eigenvalue weighted by atomic mass is 35.5. The minimum absolute atomic E-state index is 0.401. The molecule has 2 aromatic rings. The molecular weight excluding hydrogens is 216 g/mol. The van der Waals surface area contributed by atoms with Gasteiger partial charge in [0.15, 0.2) is 17.6 Å². The second-order valence-electron chi connectivity index (χ2n) is 3.20. The number of fused-ring (bicyclic) bond motifs is 1. The first-order chi connectivity index (χ1) is 7.17. The molecule has 0 amide bonds. The Morgan fingerprint density at radius 3 is 2.80 bits per heavy atom. The number of methoxy groups -OCH3 is 1. The molecule has 0 aliphatic rings. The summed E-state index contributed by atoms with van der Waals surface area (Å²) in [5, 5.41) is 1.10. The van der Waals surface area contributed by atoms with E-state index in [2.05, 4.69) is 0 Å². The molecule has 1 aromatic heterocycles. The Bertz CT molecular complexity index is 528. The summed E-state index contributed by atoms with van der Waals surface area (Å²) in [5.41, 5.74) is 0.979. The third-order valence-corrected chi connectivity index (χ3v) is 2.62. The summed E-state index contributed by atoms with van der Waals surface area (Å²) in [6, 6.07) is 3.35. The number of aldehydes is 1. The quantitative estimate of drug-likeness (QED) is 0.736. The zero-order chi connectivity index (χ0) is 11.0. The molecule has 0 radical (unpaired) electrons. The normalized spacial score (nSPS) is 10.6. The Hall–Kier alpha value is -1.48. The maximum absolute atomic E-state index is 10.8. The van der Waals surface area contributed by atoms with Crippen molar-refractivity contribution in [1.82, 2.24) is 0 Å². The topological polar surface area (TPSA) is 39.4 Å². The van der Waals surface area contributed by atoms with Gasteiger partial charge in [-0.05, 0) is 19.1 Å². The van der Waals surface area contributed by atoms with Crippen molar-refractivity contribution >= 4 is 28.9 Å². The lowest BCUT2D eigenvalue weighted by Crippen LogP contribution is -1.88. The number of carbonyl (C=O) groups is 1. The first kappa shape index (κ1) is 10.1. The Kier molecular flexibility index (Phi) is 2.40. The van der Waals surface area contributed by atoms with Crippen LogP contribution in [0.25, 0.3) is 11.0 Å². The van der Waals surface area contributed by atoms with Gasteiger partial charge >= 0.3 is 0 Å². The zero-order valence-corrected chi connectivity index (χ0v) is 9.09. The summed E-state index contributed by atoms with van der Waals surface area (Å²) in [6.07, 6.45) is 0.701. The molecule has 0 atom stereocenters. The van der Waals surface area contributed by atoms with E-state index in [0.29, 0.717) is 33.6 Å². The first-order valence-corrected chi connectivity index (χ1v) is 4.77. The molecule has 0 aliphatic heterocycles. The van der Waals surface area contributed by atoms with E-state index in [-0.39, 0.29) is 0 Å². The van der Waals surface area contributed by atoms with Gasteiger partial charge in [-0.2, -0.15) is 0 Å². The van der Waals surface area contributed by atoms with E-state index in [0.717, 1.165) is 5.76 Å². The Morgan fingerprint density at radius 1 is 1.47 bits per heavy atom. The SMILES string of the molecule is COc1cc(C=O)c(Cl)c2cc(C)oc12. The lowest BCUT2D eigenvalue weighted by atomic mass is 10.1. The van der Waals surface area contributed by atoms with E-state index in [1.807, 2.05) is 6.92 Å². The Balaban J connectivity index is 2.88. The molecule has 0 bridgehead atoms. The number of rotatable bonds is 2. The third-order valence-electron chi connectivity index (χ3n) is 2.20. The van der Waals surface area contributed by atoms with Crippen molar-refractivity contribution in [2.45, 2.75) is 6.92 Å². The molecule has 0 fully saturated rings. The number of aryl methyl sites for hydroxylation is 1. The smallest absolute Gasteiger partial charge is 0.177 e. The van der Waals surface area contributed by atoms with Gasteiger partial charge in [-0.1, -0.05) is 11.6 Å². The standard InChI is InChI=1S/C11H9ClO3/c1-6-3-8-10(12)7(5-13)4-9(14-2)11(8)15-6/h3-5H,1-2H3. The number of hydrogen-bond acceptors (Lipinski definition) is 3. The van der Waals surface area contributed by atoms with Gasteiger partial charge in [0.05, 0.1) is 12.1 Å². The highest BCUT2D eigenvalue weighted by molar-refractivity contribution is 6.38. The molecule has 2 rings (SSSR count). The van der Waals surface area contributed by atoms with E-state index < -0.39 is 0 Å². The number of hydrogen-bond donors (Lipinski definition) is 0. The van der Waals surface area contributed by atoms with E-state index in [4.69, 9.17) is 20.8 Å². The van der Waals surface area contributed by atoms with Crippen LogP contribution in [-0.2, 0) is 0 Å². The van der Waals surface area contributed by atoms with E-state index in [9.17, 15) is 4.79 Å². The predicted octanol–water partition coefficient (Wildman–Crippen LogP) is 3.22. The molecular formula is C11H9ClO3. The number of furan rings is 1. The minimum atomic E-state index is 0.401. The van der Waals surface area contributed by atoms with Gasteiger partial charge in [-0.25, -0.2) is 0 Å². The fourth-order valence-electron chi connectivity index (χ4n) is 1.52. The van der Waals surface area contributed by atoms with Crippen LogP contribution in [-0.4, -0.2) is 13.4 Å². The fourth-order valence-corrected chi connectivity index (χ4v) is 1.76. The summed E-state index contributed by atoms with van der Waals surface area (Å²) in [4.78, 5) is 10.8. The van der Waals surface area contributed by atoms with Crippen LogP contribution >= 0.6 is 11.6 Å². The van der Waals surface area contributed by atoms with Crippen molar-refractivity contribution in [2.75, 3.05) is 7.11 Å². The molecule has 0 spiro atoms. The third kappa shape index (κ3) is 1.49. The van der Waals surface area contributed by atoms with Crippen LogP contribution in [0, 0.1) is 6.92 Å². The van der Waals surface area contributed by atoms with Gasteiger partial charge in [0, 0.05) is 10.9 Å². The van der Waals surface area contributed by atoms with Gasteiger partial charge in [0.25, 0.3) is 0 Å². The molecule has 0 N–H and O–H groups in total. The van der Waals surface area contributed by atoms with Gasteiger partial charge in [0.1, 0.15) is 5.76 Å². The molecule has 15 heavy (non-hydrogen) atoms. The van der Waals surface area contributed by atoms with Crippen LogP contribution in [0.3, 0.4) is 0 Å². The lowest BCUT2D eigenvalue weighted by molar-refractivity contribution is 0.112. The number of ether oxygens (including phenoxy) is 1. The summed E-state index contributed by atoms with van der Waals surface area (Å²) in [7, 11) is 1.52. The van der Waals surface area contributed by atoms with E-state index >= 15 is 0 Å². The number of benzene rings is 1. The van der Waals surface area contributed by atoms with Crippen LogP contribution in [0.4, 0.5) is 0 Å². The van der Waals surface area contributed by atoms with Crippen molar-refractivity contribution in [3.05, 3.63) is 28.5 Å². The van der Waals surface area contributed by atoms with Gasteiger partial charge < -0.3 is 9.15 Å². The highest BCUT2D eigenvalue weighted by Crippen LogP contribution is 2.36. The zero-order valence-electron chi connectivity index (χ0n) is 8.33. The Labute approximate surface area is 91.6 Å². The van der Waals surface area contributed by atoms with Crippen LogP contribution in [0.1, 0.15) is 16.1 Å². The average Bonchev–Trinajstić information content (AvgIpc) is 2.61. The van der Waals surface area contributed by atoms with E-state index in [1.165, 1.54) is 7.11 Å². The molecule has 0 saturated carbocycles. The maximum atomic E-state index is 10.8. The molecule has 3 nitrogen and oxygen atoms in total. The van der Waals surface area contributed by atoms with Crippen molar-refractivity contribution in [1.29, 1.82) is 0 Å². The predicted molar refractivity (Wildman–Crippen MR) is 57.9 cm³/mol.